The summed E-state index contributed by atoms with van der Waals surface area (Å²) in [6.45, 7) is 6.25. The molecule has 6 nitrogen and oxygen atoms in total. The number of hydrogen-bond acceptors (Lipinski definition) is 6. The van der Waals surface area contributed by atoms with Crippen molar-refractivity contribution in [3.05, 3.63) is 0 Å². The Labute approximate surface area is 185 Å². The molecule has 4 saturated carbocycles. The average molecular weight is 436 g/mol. The summed E-state index contributed by atoms with van der Waals surface area (Å²) in [4.78, 5) is 11.0. The van der Waals surface area contributed by atoms with E-state index in [1.54, 1.807) is 7.11 Å². The standard InChI is InChI=1S/C24H38FN3O3/c1-23-8-6-17-15(16(23)4-5-22(23)29)10-20(27-30-3)18-11-21(19(25)12-24(17,18)2)28-31-14-7-9-26-13-14/h14-19,22,26,29H,4-13H2,1-3H3/b27-20+,28-21+/t14-,15+,16+,17+,18?,19-,22+,23+,24-/m1/s1. The Bertz CT molecular complexity index is 754. The van der Waals surface area contributed by atoms with Crippen LogP contribution in [0.1, 0.15) is 65.2 Å². The van der Waals surface area contributed by atoms with Gasteiger partial charge in [0.05, 0.1) is 17.5 Å². The maximum absolute atomic E-state index is 15.5. The first kappa shape index (κ1) is 21.6. The number of nitrogens with one attached hydrogen (secondary N) is 1. The van der Waals surface area contributed by atoms with E-state index in [4.69, 9.17) is 9.68 Å². The number of aliphatic hydroxyl groups is 1. The van der Waals surface area contributed by atoms with E-state index in [9.17, 15) is 5.11 Å². The third-order valence-electron chi connectivity index (χ3n) is 9.81. The molecule has 4 aliphatic carbocycles. The van der Waals surface area contributed by atoms with E-state index in [1.165, 1.54) is 0 Å². The zero-order valence-electron chi connectivity index (χ0n) is 19.1. The van der Waals surface area contributed by atoms with Crippen molar-refractivity contribution in [1.82, 2.24) is 5.32 Å². The highest BCUT2D eigenvalue weighted by molar-refractivity contribution is 5.97. The summed E-state index contributed by atoms with van der Waals surface area (Å²) in [6.07, 6.45) is 5.65. The lowest BCUT2D eigenvalue weighted by molar-refractivity contribution is -0.0900. The minimum Gasteiger partial charge on any atom is -0.399 e. The van der Waals surface area contributed by atoms with Gasteiger partial charge in [0.1, 0.15) is 19.4 Å². The molecule has 1 aliphatic heterocycles. The van der Waals surface area contributed by atoms with Crippen molar-refractivity contribution in [2.75, 3.05) is 20.2 Å². The number of fused-ring (bicyclic) bond motifs is 5. The van der Waals surface area contributed by atoms with E-state index in [1.807, 2.05) is 0 Å². The maximum Gasteiger partial charge on any atom is 0.142 e. The summed E-state index contributed by atoms with van der Waals surface area (Å²) in [5.74, 6) is 1.52. The van der Waals surface area contributed by atoms with Crippen LogP contribution in [0.4, 0.5) is 4.39 Å². The summed E-state index contributed by atoms with van der Waals surface area (Å²) in [5, 5.41) is 22.8. The van der Waals surface area contributed by atoms with Crippen LogP contribution in [0.3, 0.4) is 0 Å². The average Bonchev–Trinajstić information content (AvgIpc) is 3.35. The van der Waals surface area contributed by atoms with Gasteiger partial charge in [-0.15, -0.1) is 0 Å². The molecule has 9 atom stereocenters. The lowest BCUT2D eigenvalue weighted by atomic mass is 9.44. The zero-order valence-corrected chi connectivity index (χ0v) is 19.1. The summed E-state index contributed by atoms with van der Waals surface area (Å²) in [7, 11) is 1.60. The Morgan fingerprint density at radius 2 is 1.84 bits per heavy atom. The number of alkyl halides is 1. The van der Waals surface area contributed by atoms with Gasteiger partial charge in [0, 0.05) is 25.3 Å². The molecule has 7 heteroatoms. The van der Waals surface area contributed by atoms with Gasteiger partial charge in [0.25, 0.3) is 0 Å². The summed E-state index contributed by atoms with van der Waals surface area (Å²) >= 11 is 0. The van der Waals surface area contributed by atoms with Gasteiger partial charge in [-0.1, -0.05) is 24.2 Å². The third kappa shape index (κ3) is 3.41. The molecule has 0 bridgehead atoms. The molecule has 0 spiro atoms. The number of aliphatic hydroxyl groups excluding tert-OH is 1. The van der Waals surface area contributed by atoms with Crippen molar-refractivity contribution in [3.63, 3.8) is 0 Å². The first-order valence-corrected chi connectivity index (χ1v) is 12.2. The van der Waals surface area contributed by atoms with Crippen LogP contribution in [0, 0.1) is 34.5 Å². The lowest BCUT2D eigenvalue weighted by Crippen LogP contribution is -2.58. The van der Waals surface area contributed by atoms with E-state index < -0.39 is 6.17 Å². The normalized spacial score (nSPS) is 52.0. The topological polar surface area (TPSA) is 75.4 Å². The summed E-state index contributed by atoms with van der Waals surface area (Å²) in [6, 6.07) is 0. The van der Waals surface area contributed by atoms with E-state index in [-0.39, 0.29) is 29.0 Å². The number of rotatable bonds is 3. The molecule has 5 fully saturated rings. The van der Waals surface area contributed by atoms with Crippen molar-refractivity contribution in [3.8, 4) is 0 Å². The largest absolute Gasteiger partial charge is 0.399 e. The van der Waals surface area contributed by atoms with Crippen LogP contribution in [-0.2, 0) is 9.68 Å². The molecule has 0 aromatic rings. The number of nitrogens with zero attached hydrogens (tertiary/aromatic N) is 2. The Morgan fingerprint density at radius 3 is 2.58 bits per heavy atom. The van der Waals surface area contributed by atoms with Crippen LogP contribution in [0.5, 0.6) is 0 Å². The quantitative estimate of drug-likeness (QED) is 0.663. The number of hydrogen-bond donors (Lipinski definition) is 2. The molecule has 0 radical (unpaired) electrons. The predicted octanol–water partition coefficient (Wildman–Crippen LogP) is 3.68. The van der Waals surface area contributed by atoms with Crippen LogP contribution in [0.15, 0.2) is 10.3 Å². The third-order valence-corrected chi connectivity index (χ3v) is 9.81. The van der Waals surface area contributed by atoms with Crippen LogP contribution in [0.2, 0.25) is 0 Å². The van der Waals surface area contributed by atoms with Gasteiger partial charge < -0.3 is 20.1 Å². The second-order valence-corrected chi connectivity index (χ2v) is 11.2. The zero-order chi connectivity index (χ0) is 21.8. The van der Waals surface area contributed by atoms with Crippen LogP contribution >= 0.6 is 0 Å². The first-order chi connectivity index (χ1) is 14.9. The molecule has 1 heterocycles. The maximum atomic E-state index is 15.5. The van der Waals surface area contributed by atoms with Crippen molar-refractivity contribution >= 4 is 11.4 Å². The van der Waals surface area contributed by atoms with Gasteiger partial charge in [0.15, 0.2) is 0 Å². The molecule has 31 heavy (non-hydrogen) atoms. The molecular weight excluding hydrogens is 397 g/mol. The van der Waals surface area contributed by atoms with Crippen LogP contribution in [-0.4, -0.2) is 55.1 Å². The van der Waals surface area contributed by atoms with Crippen LogP contribution in [0.25, 0.3) is 0 Å². The molecule has 2 N–H and O–H groups in total. The van der Waals surface area contributed by atoms with Crippen molar-refractivity contribution in [2.45, 2.75) is 83.6 Å². The molecule has 0 aromatic heterocycles. The number of oxime groups is 2. The predicted molar refractivity (Wildman–Crippen MR) is 118 cm³/mol. The molecule has 0 aromatic carbocycles. The van der Waals surface area contributed by atoms with E-state index in [0.29, 0.717) is 36.3 Å². The fourth-order valence-electron chi connectivity index (χ4n) is 8.04. The van der Waals surface area contributed by atoms with Gasteiger partial charge in [-0.05, 0) is 73.7 Å². The van der Waals surface area contributed by atoms with Gasteiger partial charge in [0.2, 0.25) is 0 Å². The van der Waals surface area contributed by atoms with Crippen molar-refractivity contribution in [2.24, 2.45) is 44.8 Å². The lowest BCUT2D eigenvalue weighted by Gasteiger charge is -2.60. The van der Waals surface area contributed by atoms with Crippen LogP contribution < -0.4 is 5.32 Å². The Hall–Kier alpha value is -1.21. The minimum absolute atomic E-state index is 0.0118. The van der Waals surface area contributed by atoms with Crippen molar-refractivity contribution < 1.29 is 19.2 Å². The fraction of sp³-hybridized carbons (Fsp3) is 0.917. The van der Waals surface area contributed by atoms with Gasteiger partial charge in [-0.25, -0.2) is 4.39 Å². The van der Waals surface area contributed by atoms with Gasteiger partial charge in [-0.3, -0.25) is 0 Å². The first-order valence-electron chi connectivity index (χ1n) is 12.2. The second kappa shape index (κ2) is 7.98. The highest BCUT2D eigenvalue weighted by Crippen LogP contribution is 2.65. The highest BCUT2D eigenvalue weighted by Gasteiger charge is 2.62. The second-order valence-electron chi connectivity index (χ2n) is 11.2. The van der Waals surface area contributed by atoms with E-state index in [0.717, 1.165) is 57.3 Å². The molecule has 5 aliphatic rings. The Morgan fingerprint density at radius 1 is 1.03 bits per heavy atom. The summed E-state index contributed by atoms with van der Waals surface area (Å²) in [5.41, 5.74) is 1.41. The number of halogens is 1. The Balaban J connectivity index is 1.43. The highest BCUT2D eigenvalue weighted by atomic mass is 19.1. The molecule has 5 rings (SSSR count). The van der Waals surface area contributed by atoms with Crippen molar-refractivity contribution in [1.29, 1.82) is 0 Å². The Kier molecular flexibility index (Phi) is 5.57. The smallest absolute Gasteiger partial charge is 0.142 e. The van der Waals surface area contributed by atoms with Gasteiger partial charge in [-0.2, -0.15) is 0 Å². The molecule has 1 saturated heterocycles. The minimum atomic E-state index is -1.07. The van der Waals surface area contributed by atoms with Gasteiger partial charge >= 0.3 is 0 Å². The van der Waals surface area contributed by atoms with E-state index in [2.05, 4.69) is 29.5 Å². The fourth-order valence-corrected chi connectivity index (χ4v) is 8.04. The summed E-state index contributed by atoms with van der Waals surface area (Å²) < 4.78 is 15.5. The molecule has 1 unspecified atom stereocenters. The monoisotopic (exact) mass is 435 g/mol. The molecular formula is C24H38FN3O3. The molecule has 174 valence electrons. The molecule has 0 amide bonds. The SMILES string of the molecule is CO/N=C1\C[C@H]2[C@@H]3CC[C@H](O)[C@@]3(C)CC[C@@H]2[C@@]2(C)C[C@@H](F)/C(=N/O[C@@H]3CCNC3)CC12. The van der Waals surface area contributed by atoms with E-state index >= 15 is 4.39 Å².